The highest BCUT2D eigenvalue weighted by Gasteiger charge is 2.85. The number of hydrogen-bond acceptors (Lipinski definition) is 0. The Morgan fingerprint density at radius 3 is 2.00 bits per heavy atom. The topological polar surface area (TPSA) is 0 Å². The summed E-state index contributed by atoms with van der Waals surface area (Å²) in [6.07, 6.45) is 1.54. The van der Waals surface area contributed by atoms with Crippen molar-refractivity contribution < 1.29 is 0 Å². The van der Waals surface area contributed by atoms with Gasteiger partial charge in [-0.25, -0.2) is 0 Å². The third-order valence-electron chi connectivity index (χ3n) is 6.73. The first-order valence-electron chi connectivity index (χ1n) is 5.97. The fraction of sp³-hybridized carbons (Fsp3) is 1.00. The summed E-state index contributed by atoms with van der Waals surface area (Å²) < 4.78 is 0. The van der Waals surface area contributed by atoms with Crippen molar-refractivity contribution in [2.24, 2.45) is 40.4 Å². The van der Waals surface area contributed by atoms with Crippen LogP contribution in [0.3, 0.4) is 0 Å². The minimum absolute atomic E-state index is 0.760. The van der Waals surface area contributed by atoms with Crippen molar-refractivity contribution in [2.45, 2.75) is 41.0 Å². The third kappa shape index (κ3) is 0.543. The van der Waals surface area contributed by atoms with E-state index in [0.29, 0.717) is 0 Å². The molecule has 0 heteroatoms. The molecule has 0 aromatic carbocycles. The Bertz CT molecular complexity index is 269. The molecule has 0 saturated heterocycles. The Morgan fingerprint density at radius 2 is 1.54 bits per heavy atom. The molecule has 3 aliphatic rings. The lowest BCUT2D eigenvalue weighted by molar-refractivity contribution is -0.0100. The van der Waals surface area contributed by atoms with Crippen LogP contribution in [0.2, 0.25) is 0 Å². The van der Waals surface area contributed by atoms with E-state index in [1.54, 1.807) is 6.42 Å². The zero-order valence-corrected chi connectivity index (χ0v) is 9.59. The van der Waals surface area contributed by atoms with Crippen molar-refractivity contribution in [1.29, 1.82) is 0 Å². The Kier molecular flexibility index (Phi) is 1.19. The van der Waals surface area contributed by atoms with Gasteiger partial charge >= 0.3 is 0 Å². The summed E-state index contributed by atoms with van der Waals surface area (Å²) in [6.45, 7) is 12.5. The summed E-state index contributed by atoms with van der Waals surface area (Å²) in [5.41, 5.74) is 1.57. The quantitative estimate of drug-likeness (QED) is 0.532. The second-order valence-electron chi connectivity index (χ2n) is 6.46. The number of hydrogen-bond donors (Lipinski definition) is 0. The summed E-state index contributed by atoms with van der Waals surface area (Å²) in [6, 6.07) is 0. The van der Waals surface area contributed by atoms with E-state index in [2.05, 4.69) is 34.6 Å². The van der Waals surface area contributed by atoms with Gasteiger partial charge in [0.15, 0.2) is 0 Å². The van der Waals surface area contributed by atoms with Crippen molar-refractivity contribution in [3.63, 3.8) is 0 Å². The second kappa shape index (κ2) is 1.85. The number of rotatable bonds is 0. The van der Waals surface area contributed by atoms with Crippen LogP contribution in [0.15, 0.2) is 0 Å². The molecule has 0 heterocycles. The average molecular weight is 178 g/mol. The van der Waals surface area contributed by atoms with E-state index in [4.69, 9.17) is 0 Å². The van der Waals surface area contributed by atoms with E-state index in [0.717, 1.165) is 40.4 Å². The SMILES string of the molecule is CC1C(C)C2C(C)C3(C)CC23C1C. The Labute approximate surface area is 82.1 Å². The van der Waals surface area contributed by atoms with Gasteiger partial charge in [0.05, 0.1) is 0 Å². The molecule has 0 N–H and O–H groups in total. The molecule has 3 aliphatic carbocycles. The Morgan fingerprint density at radius 1 is 0.923 bits per heavy atom. The Balaban J connectivity index is 2.02. The van der Waals surface area contributed by atoms with Gasteiger partial charge in [0.25, 0.3) is 0 Å². The van der Waals surface area contributed by atoms with Crippen LogP contribution in [0.25, 0.3) is 0 Å². The van der Waals surface area contributed by atoms with Crippen molar-refractivity contribution in [3.05, 3.63) is 0 Å². The van der Waals surface area contributed by atoms with Gasteiger partial charge in [-0.1, -0.05) is 34.6 Å². The lowest BCUT2D eigenvalue weighted by Crippen LogP contribution is -2.44. The van der Waals surface area contributed by atoms with Gasteiger partial charge in [0, 0.05) is 0 Å². The zero-order chi connectivity index (χ0) is 9.59. The molecule has 0 aliphatic heterocycles. The van der Waals surface area contributed by atoms with E-state index in [-0.39, 0.29) is 0 Å². The molecule has 3 fully saturated rings. The average Bonchev–Trinajstić information content (AvgIpc) is 2.60. The summed E-state index contributed by atoms with van der Waals surface area (Å²) in [5.74, 6) is 5.03. The summed E-state index contributed by atoms with van der Waals surface area (Å²) >= 11 is 0. The van der Waals surface area contributed by atoms with Gasteiger partial charge in [-0.3, -0.25) is 0 Å². The fourth-order valence-electron chi connectivity index (χ4n) is 5.55. The second-order valence-corrected chi connectivity index (χ2v) is 6.46. The first kappa shape index (κ1) is 8.32. The molecule has 3 rings (SSSR count). The molecule has 0 bridgehead atoms. The predicted octanol–water partition coefficient (Wildman–Crippen LogP) is 3.57. The van der Waals surface area contributed by atoms with Gasteiger partial charge in [0.1, 0.15) is 0 Å². The highest BCUT2D eigenvalue weighted by molar-refractivity contribution is 5.32. The minimum Gasteiger partial charge on any atom is -0.0620 e. The Hall–Kier alpha value is 0. The van der Waals surface area contributed by atoms with Gasteiger partial charge < -0.3 is 0 Å². The van der Waals surface area contributed by atoms with Gasteiger partial charge in [-0.05, 0) is 46.8 Å². The maximum Gasteiger partial charge on any atom is -0.0173 e. The van der Waals surface area contributed by atoms with E-state index >= 15 is 0 Å². The van der Waals surface area contributed by atoms with E-state index in [9.17, 15) is 0 Å². The first-order chi connectivity index (χ1) is 5.97. The zero-order valence-electron chi connectivity index (χ0n) is 9.59. The van der Waals surface area contributed by atoms with Crippen molar-refractivity contribution in [1.82, 2.24) is 0 Å². The largest absolute Gasteiger partial charge is 0.0620 e. The van der Waals surface area contributed by atoms with Crippen LogP contribution in [0.4, 0.5) is 0 Å². The fourth-order valence-corrected chi connectivity index (χ4v) is 5.55. The van der Waals surface area contributed by atoms with Crippen LogP contribution in [0, 0.1) is 40.4 Å². The monoisotopic (exact) mass is 178 g/mol. The molecule has 7 atom stereocenters. The summed E-state index contributed by atoms with van der Waals surface area (Å²) in [7, 11) is 0. The van der Waals surface area contributed by atoms with Crippen molar-refractivity contribution in [3.8, 4) is 0 Å². The third-order valence-corrected chi connectivity index (χ3v) is 6.73. The van der Waals surface area contributed by atoms with Gasteiger partial charge in [-0.15, -0.1) is 0 Å². The molecule has 3 saturated carbocycles. The molecule has 0 nitrogen and oxygen atoms in total. The van der Waals surface area contributed by atoms with Crippen LogP contribution in [-0.2, 0) is 0 Å². The summed E-state index contributed by atoms with van der Waals surface area (Å²) in [5, 5.41) is 0. The molecule has 7 unspecified atom stereocenters. The van der Waals surface area contributed by atoms with Crippen LogP contribution in [0.1, 0.15) is 41.0 Å². The lowest BCUT2D eigenvalue weighted by atomic mass is 9.56. The molecule has 0 amide bonds. The maximum atomic E-state index is 2.54. The standard InChI is InChI=1S/C13H22/c1-7-8(2)11-10(4)12(5)6-13(11,12)9(7)3/h7-11H,6H2,1-5H3. The van der Waals surface area contributed by atoms with Crippen LogP contribution >= 0.6 is 0 Å². The van der Waals surface area contributed by atoms with Gasteiger partial charge in [0.2, 0.25) is 0 Å². The molecular weight excluding hydrogens is 156 g/mol. The summed E-state index contributed by atoms with van der Waals surface area (Å²) in [4.78, 5) is 0. The first-order valence-corrected chi connectivity index (χ1v) is 5.97. The van der Waals surface area contributed by atoms with E-state index < -0.39 is 0 Å². The minimum atomic E-state index is 0.760. The van der Waals surface area contributed by atoms with Crippen molar-refractivity contribution >= 4 is 0 Å². The highest BCUT2D eigenvalue weighted by Crippen LogP contribution is 2.90. The maximum absolute atomic E-state index is 2.54. The molecule has 13 heavy (non-hydrogen) atoms. The van der Waals surface area contributed by atoms with E-state index in [1.807, 2.05) is 0 Å². The molecule has 0 radical (unpaired) electrons. The highest BCUT2D eigenvalue weighted by atomic mass is 14.9. The molecule has 74 valence electrons. The normalized spacial score (nSPS) is 74.1. The predicted molar refractivity (Wildman–Crippen MR) is 55.3 cm³/mol. The lowest BCUT2D eigenvalue weighted by Gasteiger charge is -2.48. The van der Waals surface area contributed by atoms with Crippen molar-refractivity contribution in [2.75, 3.05) is 0 Å². The molecular formula is C13H22. The molecule has 0 aromatic rings. The molecule has 0 aromatic heterocycles. The van der Waals surface area contributed by atoms with Crippen LogP contribution in [0.5, 0.6) is 0 Å². The smallest absolute Gasteiger partial charge is 0.0173 e. The van der Waals surface area contributed by atoms with Crippen LogP contribution < -0.4 is 0 Å². The van der Waals surface area contributed by atoms with Crippen LogP contribution in [-0.4, -0.2) is 0 Å². The molecule has 1 spiro atoms. The van der Waals surface area contributed by atoms with E-state index in [1.165, 1.54) is 0 Å². The van der Waals surface area contributed by atoms with Gasteiger partial charge in [-0.2, -0.15) is 0 Å².